The lowest BCUT2D eigenvalue weighted by Gasteiger charge is -2.32. The topological polar surface area (TPSA) is 81.0 Å². The first-order valence-corrected chi connectivity index (χ1v) is 9.85. The summed E-state index contributed by atoms with van der Waals surface area (Å²) in [4.78, 5) is 27.0. The van der Waals surface area contributed by atoms with Gasteiger partial charge in [0.25, 0.3) is 5.91 Å². The molecule has 3 rings (SSSR count). The Bertz CT molecular complexity index is 861. The first kappa shape index (κ1) is 20.8. The average Bonchev–Trinajstić information content (AvgIpc) is 3.18. The molecule has 1 aliphatic rings. The molecule has 2 aromatic rings. The second-order valence-corrected chi connectivity index (χ2v) is 7.21. The third kappa shape index (κ3) is 4.91. The fourth-order valence-corrected chi connectivity index (χ4v) is 3.66. The van der Waals surface area contributed by atoms with E-state index >= 15 is 0 Å². The van der Waals surface area contributed by atoms with E-state index in [2.05, 4.69) is 5.32 Å². The Hall–Kier alpha value is -2.96. The number of piperidine rings is 1. The van der Waals surface area contributed by atoms with Crippen molar-refractivity contribution < 1.29 is 23.5 Å². The maximum Gasteiger partial charge on any atom is 0.257 e. The summed E-state index contributed by atoms with van der Waals surface area (Å²) in [6.45, 7) is 3.40. The van der Waals surface area contributed by atoms with E-state index in [0.29, 0.717) is 48.9 Å². The number of benzene rings is 1. The molecule has 1 aromatic carbocycles. The molecule has 2 heterocycles. The van der Waals surface area contributed by atoms with Crippen molar-refractivity contribution in [2.24, 2.45) is 5.92 Å². The van der Waals surface area contributed by atoms with Gasteiger partial charge in [0, 0.05) is 19.6 Å². The zero-order valence-corrected chi connectivity index (χ0v) is 17.2. The molecule has 2 amide bonds. The zero-order valence-electron chi connectivity index (χ0n) is 17.2. The number of carbonyl (C=O) groups excluding carboxylic acids is 2. The Kier molecular flexibility index (Phi) is 6.80. The molecule has 29 heavy (non-hydrogen) atoms. The largest absolute Gasteiger partial charge is 0.493 e. The third-order valence-electron chi connectivity index (χ3n) is 5.33. The Morgan fingerprint density at radius 1 is 1.21 bits per heavy atom. The van der Waals surface area contributed by atoms with Gasteiger partial charge in [0.1, 0.15) is 5.76 Å². The van der Waals surface area contributed by atoms with Crippen LogP contribution in [0.1, 0.15) is 34.5 Å². The number of hydrogen-bond acceptors (Lipinski definition) is 5. The van der Waals surface area contributed by atoms with Crippen LogP contribution in [-0.2, 0) is 11.2 Å². The number of furan rings is 1. The first-order chi connectivity index (χ1) is 14.0. The summed E-state index contributed by atoms with van der Waals surface area (Å²) in [6, 6.07) is 7.42. The molecular formula is C22H28N2O5. The van der Waals surface area contributed by atoms with Gasteiger partial charge in [-0.1, -0.05) is 6.07 Å². The van der Waals surface area contributed by atoms with Crippen molar-refractivity contribution in [3.05, 3.63) is 47.4 Å². The molecule has 0 bridgehead atoms. The molecule has 1 aromatic heterocycles. The van der Waals surface area contributed by atoms with Crippen LogP contribution in [0.4, 0.5) is 0 Å². The summed E-state index contributed by atoms with van der Waals surface area (Å²) in [6.07, 6.45) is 3.81. The van der Waals surface area contributed by atoms with Crippen LogP contribution >= 0.6 is 0 Å². The van der Waals surface area contributed by atoms with E-state index < -0.39 is 0 Å². The van der Waals surface area contributed by atoms with E-state index in [1.165, 1.54) is 6.26 Å². The second-order valence-electron chi connectivity index (χ2n) is 7.21. The molecule has 1 atom stereocenters. The lowest BCUT2D eigenvalue weighted by atomic mass is 9.96. The van der Waals surface area contributed by atoms with E-state index in [4.69, 9.17) is 13.9 Å². The number of ether oxygens (including phenoxy) is 2. The molecule has 7 nitrogen and oxygen atoms in total. The number of carbonyl (C=O) groups is 2. The third-order valence-corrected chi connectivity index (χ3v) is 5.33. The van der Waals surface area contributed by atoms with E-state index in [1.807, 2.05) is 18.2 Å². The summed E-state index contributed by atoms with van der Waals surface area (Å²) in [5, 5.41) is 3.01. The highest BCUT2D eigenvalue weighted by atomic mass is 16.5. The summed E-state index contributed by atoms with van der Waals surface area (Å²) >= 11 is 0. The number of amides is 2. The first-order valence-electron chi connectivity index (χ1n) is 9.85. The van der Waals surface area contributed by atoms with Crippen LogP contribution in [0.2, 0.25) is 0 Å². The Morgan fingerprint density at radius 2 is 2.00 bits per heavy atom. The summed E-state index contributed by atoms with van der Waals surface area (Å²) in [5.74, 6) is 1.69. The number of hydrogen-bond donors (Lipinski definition) is 1. The SMILES string of the molecule is COc1ccc(CCNC(=O)[C@H]2CCCN(C(=O)c3ccoc3C)C2)cc1OC. The van der Waals surface area contributed by atoms with Crippen molar-refractivity contribution in [3.63, 3.8) is 0 Å². The number of nitrogens with one attached hydrogen (secondary N) is 1. The van der Waals surface area contributed by atoms with Gasteiger partial charge in [-0.05, 0) is 49.9 Å². The molecule has 1 saturated heterocycles. The van der Waals surface area contributed by atoms with Crippen molar-refractivity contribution >= 4 is 11.8 Å². The van der Waals surface area contributed by atoms with Gasteiger partial charge in [-0.2, -0.15) is 0 Å². The quantitative estimate of drug-likeness (QED) is 0.773. The normalized spacial score (nSPS) is 16.4. The van der Waals surface area contributed by atoms with Crippen molar-refractivity contribution in [2.75, 3.05) is 33.9 Å². The van der Waals surface area contributed by atoms with Crippen LogP contribution in [-0.4, -0.2) is 50.6 Å². The van der Waals surface area contributed by atoms with Crippen LogP contribution in [0.3, 0.4) is 0 Å². The molecule has 1 fully saturated rings. The summed E-state index contributed by atoms with van der Waals surface area (Å²) in [5.41, 5.74) is 1.62. The molecule has 0 radical (unpaired) electrons. The van der Waals surface area contributed by atoms with Crippen LogP contribution in [0.25, 0.3) is 0 Å². The molecule has 7 heteroatoms. The molecule has 156 valence electrons. The number of methoxy groups -OCH3 is 2. The highest BCUT2D eigenvalue weighted by Crippen LogP contribution is 2.27. The number of aryl methyl sites for hydroxylation is 1. The molecule has 0 spiro atoms. The number of rotatable bonds is 7. The highest BCUT2D eigenvalue weighted by molar-refractivity contribution is 5.95. The van der Waals surface area contributed by atoms with Gasteiger partial charge in [0.2, 0.25) is 5.91 Å². The summed E-state index contributed by atoms with van der Waals surface area (Å²) in [7, 11) is 3.20. The van der Waals surface area contributed by atoms with Crippen LogP contribution in [0, 0.1) is 12.8 Å². The fourth-order valence-electron chi connectivity index (χ4n) is 3.66. The van der Waals surface area contributed by atoms with Gasteiger partial charge in [-0.3, -0.25) is 9.59 Å². The van der Waals surface area contributed by atoms with E-state index in [-0.39, 0.29) is 17.7 Å². The number of nitrogens with zero attached hydrogens (tertiary/aromatic N) is 1. The lowest BCUT2D eigenvalue weighted by molar-refractivity contribution is -0.126. The maximum atomic E-state index is 12.7. The standard InChI is InChI=1S/C22H28N2O5/c1-15-18(9-12-29-15)22(26)24-11-4-5-17(14-24)21(25)23-10-8-16-6-7-19(27-2)20(13-16)28-3/h6-7,9,12-13,17H,4-5,8,10-11,14H2,1-3H3,(H,23,25)/t17-/m0/s1. The molecule has 0 saturated carbocycles. The predicted molar refractivity (Wildman–Crippen MR) is 108 cm³/mol. The average molecular weight is 400 g/mol. The maximum absolute atomic E-state index is 12.7. The van der Waals surface area contributed by atoms with Gasteiger partial charge in [0.05, 0.1) is 32.0 Å². The smallest absolute Gasteiger partial charge is 0.257 e. The molecule has 1 aliphatic heterocycles. The Morgan fingerprint density at radius 3 is 2.69 bits per heavy atom. The van der Waals surface area contributed by atoms with Crippen molar-refractivity contribution in [1.29, 1.82) is 0 Å². The molecule has 0 unspecified atom stereocenters. The van der Waals surface area contributed by atoms with Gasteiger partial charge in [0.15, 0.2) is 11.5 Å². The molecule has 0 aliphatic carbocycles. The van der Waals surface area contributed by atoms with E-state index in [1.54, 1.807) is 32.1 Å². The van der Waals surface area contributed by atoms with Gasteiger partial charge >= 0.3 is 0 Å². The van der Waals surface area contributed by atoms with Crippen LogP contribution in [0.5, 0.6) is 11.5 Å². The molecule has 1 N–H and O–H groups in total. The van der Waals surface area contributed by atoms with Crippen molar-refractivity contribution in [1.82, 2.24) is 10.2 Å². The van der Waals surface area contributed by atoms with E-state index in [9.17, 15) is 9.59 Å². The van der Waals surface area contributed by atoms with Gasteiger partial charge < -0.3 is 24.1 Å². The van der Waals surface area contributed by atoms with Gasteiger partial charge in [-0.25, -0.2) is 0 Å². The Balaban J connectivity index is 1.51. The minimum absolute atomic E-state index is 0.00751. The van der Waals surface area contributed by atoms with Gasteiger partial charge in [-0.15, -0.1) is 0 Å². The second kappa shape index (κ2) is 9.49. The molecular weight excluding hydrogens is 372 g/mol. The zero-order chi connectivity index (χ0) is 20.8. The number of likely N-dealkylation sites (tertiary alicyclic amines) is 1. The fraction of sp³-hybridized carbons (Fsp3) is 0.455. The predicted octanol–water partition coefficient (Wildman–Crippen LogP) is 2.82. The minimum atomic E-state index is -0.190. The highest BCUT2D eigenvalue weighted by Gasteiger charge is 2.29. The minimum Gasteiger partial charge on any atom is -0.493 e. The van der Waals surface area contributed by atoms with E-state index in [0.717, 1.165) is 18.4 Å². The van der Waals surface area contributed by atoms with Crippen molar-refractivity contribution in [2.45, 2.75) is 26.2 Å². The van der Waals surface area contributed by atoms with Crippen molar-refractivity contribution in [3.8, 4) is 11.5 Å². The monoisotopic (exact) mass is 400 g/mol. The lowest BCUT2D eigenvalue weighted by Crippen LogP contribution is -2.45. The van der Waals surface area contributed by atoms with Crippen LogP contribution < -0.4 is 14.8 Å². The van der Waals surface area contributed by atoms with Crippen LogP contribution in [0.15, 0.2) is 34.9 Å². The Labute approximate surface area is 171 Å². The summed E-state index contributed by atoms with van der Waals surface area (Å²) < 4.78 is 15.8.